The lowest BCUT2D eigenvalue weighted by atomic mass is 10.1. The number of hydrogen-bond donors (Lipinski definition) is 0. The van der Waals surface area contributed by atoms with Crippen LogP contribution in [-0.4, -0.2) is 6.18 Å². The zero-order valence-electron chi connectivity index (χ0n) is 6.28. The van der Waals surface area contributed by atoms with Crippen LogP contribution in [-0.2, 0) is 0 Å². The van der Waals surface area contributed by atoms with Gasteiger partial charge in [-0.15, -0.1) is 11.6 Å². The molecule has 0 N–H and O–H groups in total. The van der Waals surface area contributed by atoms with E-state index in [0.29, 0.717) is 0 Å². The summed E-state index contributed by atoms with van der Waals surface area (Å²) < 4.78 is 37.0. The van der Waals surface area contributed by atoms with Gasteiger partial charge in [0.2, 0.25) is 0 Å². The summed E-state index contributed by atoms with van der Waals surface area (Å²) in [6, 6.07) is 5.73. The van der Waals surface area contributed by atoms with Crippen molar-refractivity contribution in [1.29, 1.82) is 0 Å². The van der Waals surface area contributed by atoms with E-state index in [1.807, 2.05) is 0 Å². The van der Waals surface area contributed by atoms with Gasteiger partial charge in [-0.1, -0.05) is 28.1 Å². The molecular weight excluding hydrogens is 268 g/mol. The van der Waals surface area contributed by atoms with E-state index in [4.69, 9.17) is 11.6 Å². The largest absolute Gasteiger partial charge is 0.408 e. The van der Waals surface area contributed by atoms with E-state index in [0.717, 1.165) is 4.47 Å². The molecule has 0 aliphatic carbocycles. The van der Waals surface area contributed by atoms with E-state index < -0.39 is 11.6 Å². The van der Waals surface area contributed by atoms with Crippen molar-refractivity contribution in [2.24, 2.45) is 0 Å². The van der Waals surface area contributed by atoms with Crippen LogP contribution in [0.25, 0.3) is 0 Å². The van der Waals surface area contributed by atoms with Crippen molar-refractivity contribution < 1.29 is 13.2 Å². The summed E-state index contributed by atoms with van der Waals surface area (Å²) in [7, 11) is 0. The second-order valence-corrected chi connectivity index (χ2v) is 3.81. The summed E-state index contributed by atoms with van der Waals surface area (Å²) in [5.74, 6) is 0. The number of rotatable bonds is 1. The summed E-state index contributed by atoms with van der Waals surface area (Å²) in [6.07, 6.45) is -4.39. The molecule has 0 aliphatic heterocycles. The zero-order chi connectivity index (χ0) is 10.1. The summed E-state index contributed by atoms with van der Waals surface area (Å²) in [6.45, 7) is 0. The van der Waals surface area contributed by atoms with Gasteiger partial charge in [0.05, 0.1) is 0 Å². The molecule has 0 aliphatic rings. The van der Waals surface area contributed by atoms with Crippen molar-refractivity contribution in [3.63, 3.8) is 0 Å². The van der Waals surface area contributed by atoms with Crippen LogP contribution < -0.4 is 0 Å². The van der Waals surface area contributed by atoms with Crippen LogP contribution in [0.4, 0.5) is 13.2 Å². The molecule has 0 aromatic heterocycles. The number of hydrogen-bond acceptors (Lipinski definition) is 0. The van der Waals surface area contributed by atoms with Crippen LogP contribution in [0.1, 0.15) is 10.9 Å². The van der Waals surface area contributed by atoms with E-state index >= 15 is 0 Å². The van der Waals surface area contributed by atoms with Crippen molar-refractivity contribution in [1.82, 2.24) is 0 Å². The Balaban J connectivity index is 2.90. The van der Waals surface area contributed by atoms with Gasteiger partial charge in [-0.2, -0.15) is 13.2 Å². The quantitative estimate of drug-likeness (QED) is 0.670. The first-order valence-electron chi connectivity index (χ1n) is 3.37. The van der Waals surface area contributed by atoms with Gasteiger partial charge in [0, 0.05) is 4.47 Å². The van der Waals surface area contributed by atoms with Gasteiger partial charge in [0.15, 0.2) is 5.38 Å². The van der Waals surface area contributed by atoms with E-state index in [9.17, 15) is 13.2 Å². The minimum atomic E-state index is -4.39. The Bertz CT molecular complexity index is 280. The average molecular weight is 273 g/mol. The Morgan fingerprint density at radius 2 is 1.62 bits per heavy atom. The van der Waals surface area contributed by atoms with Crippen LogP contribution in [0.15, 0.2) is 28.7 Å². The van der Waals surface area contributed by atoms with Gasteiger partial charge in [0.1, 0.15) is 0 Å². The highest BCUT2D eigenvalue weighted by atomic mass is 79.9. The third kappa shape index (κ3) is 2.88. The Morgan fingerprint density at radius 3 is 2.00 bits per heavy atom. The number of alkyl halides is 4. The topological polar surface area (TPSA) is 0 Å². The fraction of sp³-hybridized carbons (Fsp3) is 0.250. The summed E-state index contributed by atoms with van der Waals surface area (Å²) >= 11 is 8.32. The SMILES string of the molecule is FC(F)(F)C(Cl)c1ccc(Br)cc1. The van der Waals surface area contributed by atoms with Crippen molar-refractivity contribution in [2.75, 3.05) is 0 Å². The van der Waals surface area contributed by atoms with Crippen LogP contribution in [0.5, 0.6) is 0 Å². The van der Waals surface area contributed by atoms with Crippen LogP contribution >= 0.6 is 27.5 Å². The minimum absolute atomic E-state index is 0.0531. The maximum absolute atomic E-state index is 12.1. The highest BCUT2D eigenvalue weighted by molar-refractivity contribution is 9.10. The van der Waals surface area contributed by atoms with Crippen LogP contribution in [0.2, 0.25) is 0 Å². The van der Waals surface area contributed by atoms with Crippen molar-refractivity contribution in [3.05, 3.63) is 34.3 Å². The molecule has 1 aromatic rings. The number of benzene rings is 1. The molecule has 0 radical (unpaired) electrons. The van der Waals surface area contributed by atoms with Gasteiger partial charge in [-0.3, -0.25) is 0 Å². The van der Waals surface area contributed by atoms with Crippen molar-refractivity contribution in [3.8, 4) is 0 Å². The fourth-order valence-corrected chi connectivity index (χ4v) is 1.23. The molecule has 0 heterocycles. The van der Waals surface area contributed by atoms with E-state index in [1.165, 1.54) is 24.3 Å². The summed E-state index contributed by atoms with van der Waals surface area (Å²) in [5, 5.41) is -1.93. The molecular formula is C8H5BrClF3. The van der Waals surface area contributed by atoms with Crippen LogP contribution in [0.3, 0.4) is 0 Å². The van der Waals surface area contributed by atoms with Gasteiger partial charge in [0.25, 0.3) is 0 Å². The molecule has 0 nitrogen and oxygen atoms in total. The highest BCUT2D eigenvalue weighted by Gasteiger charge is 2.39. The Labute approximate surface area is 86.8 Å². The smallest absolute Gasteiger partial charge is 0.169 e. The molecule has 0 bridgehead atoms. The average Bonchev–Trinajstić information content (AvgIpc) is 2.03. The first-order chi connectivity index (χ1) is 5.91. The van der Waals surface area contributed by atoms with Crippen LogP contribution in [0, 0.1) is 0 Å². The minimum Gasteiger partial charge on any atom is -0.169 e. The normalized spacial score (nSPS) is 14.2. The van der Waals surface area contributed by atoms with Gasteiger partial charge in [-0.05, 0) is 17.7 Å². The zero-order valence-corrected chi connectivity index (χ0v) is 8.62. The molecule has 0 fully saturated rings. The molecule has 0 saturated carbocycles. The molecule has 72 valence electrons. The maximum atomic E-state index is 12.1. The van der Waals surface area contributed by atoms with Crippen molar-refractivity contribution in [2.45, 2.75) is 11.6 Å². The first kappa shape index (κ1) is 10.9. The Hall–Kier alpha value is -0.220. The maximum Gasteiger partial charge on any atom is 0.408 e. The van der Waals surface area contributed by atoms with E-state index in [2.05, 4.69) is 15.9 Å². The van der Waals surface area contributed by atoms with E-state index in [1.54, 1.807) is 0 Å². The standard InChI is InChI=1S/C8H5BrClF3/c9-6-3-1-5(2-4-6)7(10)8(11,12)13/h1-4,7H. The van der Waals surface area contributed by atoms with E-state index in [-0.39, 0.29) is 5.56 Å². The highest BCUT2D eigenvalue weighted by Crippen LogP contribution is 2.38. The molecule has 1 aromatic carbocycles. The Kier molecular flexibility index (Phi) is 3.24. The molecule has 0 saturated heterocycles. The van der Waals surface area contributed by atoms with Gasteiger partial charge >= 0.3 is 6.18 Å². The third-order valence-corrected chi connectivity index (χ3v) is 2.48. The molecule has 1 unspecified atom stereocenters. The van der Waals surface area contributed by atoms with Crippen molar-refractivity contribution >= 4 is 27.5 Å². The lowest BCUT2D eigenvalue weighted by Gasteiger charge is -2.13. The lowest BCUT2D eigenvalue weighted by Crippen LogP contribution is -2.15. The number of halogens is 5. The predicted molar refractivity (Wildman–Crippen MR) is 48.8 cm³/mol. The molecule has 0 spiro atoms. The fourth-order valence-electron chi connectivity index (χ4n) is 0.821. The molecule has 1 atom stereocenters. The molecule has 0 amide bonds. The lowest BCUT2D eigenvalue weighted by molar-refractivity contribution is -0.131. The molecule has 1 rings (SSSR count). The monoisotopic (exact) mass is 272 g/mol. The van der Waals surface area contributed by atoms with Gasteiger partial charge in [-0.25, -0.2) is 0 Å². The first-order valence-corrected chi connectivity index (χ1v) is 4.60. The van der Waals surface area contributed by atoms with Gasteiger partial charge < -0.3 is 0 Å². The summed E-state index contributed by atoms with van der Waals surface area (Å²) in [4.78, 5) is 0. The second kappa shape index (κ2) is 3.88. The molecule has 13 heavy (non-hydrogen) atoms. The summed E-state index contributed by atoms with van der Waals surface area (Å²) in [5.41, 5.74) is 0.0531. The second-order valence-electron chi connectivity index (χ2n) is 2.46. The Morgan fingerprint density at radius 1 is 1.15 bits per heavy atom. The third-order valence-electron chi connectivity index (χ3n) is 1.45. The predicted octanol–water partition coefficient (Wildman–Crippen LogP) is 4.29. The molecule has 5 heteroatoms.